The average molecular weight is 294 g/mol. The van der Waals surface area contributed by atoms with Crippen molar-refractivity contribution in [1.82, 2.24) is 10.2 Å². The second-order valence-corrected chi connectivity index (χ2v) is 4.80. The van der Waals surface area contributed by atoms with Crippen LogP contribution in [0.1, 0.15) is 11.3 Å². The summed E-state index contributed by atoms with van der Waals surface area (Å²) >= 11 is 0. The Kier molecular flexibility index (Phi) is 4.01. The Morgan fingerprint density at radius 3 is 2.64 bits per heavy atom. The molecule has 0 aliphatic heterocycles. The van der Waals surface area contributed by atoms with Crippen LogP contribution in [0.4, 0.5) is 4.39 Å². The molecule has 1 heterocycles. The van der Waals surface area contributed by atoms with Crippen LogP contribution in [0, 0.1) is 5.82 Å². The maximum atomic E-state index is 13.4. The molecule has 110 valence electrons. The average Bonchev–Trinajstić information content (AvgIpc) is 3.04. The van der Waals surface area contributed by atoms with Gasteiger partial charge in [-0.3, -0.25) is 5.10 Å². The molecule has 0 aliphatic carbocycles. The number of aromatic nitrogens is 2. The summed E-state index contributed by atoms with van der Waals surface area (Å²) in [5.41, 5.74) is 3.68. The normalized spacial score (nSPS) is 11.0. The quantitative estimate of drug-likeness (QED) is 0.774. The number of hydrogen-bond acceptors (Lipinski definition) is 2. The van der Waals surface area contributed by atoms with E-state index in [1.807, 2.05) is 48.6 Å². The Morgan fingerprint density at radius 1 is 1.05 bits per heavy atom. The van der Waals surface area contributed by atoms with E-state index in [0.29, 0.717) is 0 Å². The SMILES string of the molecule is COc1cc(/C=C/c2cc(-c3ccccc3)n[nH]2)ccc1F. The van der Waals surface area contributed by atoms with Crippen LogP contribution < -0.4 is 4.74 Å². The van der Waals surface area contributed by atoms with Crippen LogP contribution >= 0.6 is 0 Å². The Hall–Kier alpha value is -2.88. The van der Waals surface area contributed by atoms with Crippen LogP contribution in [-0.4, -0.2) is 17.3 Å². The van der Waals surface area contributed by atoms with Gasteiger partial charge < -0.3 is 4.74 Å². The highest BCUT2D eigenvalue weighted by Gasteiger charge is 2.03. The van der Waals surface area contributed by atoms with Crippen molar-refractivity contribution in [2.45, 2.75) is 0 Å². The van der Waals surface area contributed by atoms with Gasteiger partial charge in [-0.15, -0.1) is 0 Å². The van der Waals surface area contributed by atoms with Gasteiger partial charge in [-0.05, 0) is 29.8 Å². The number of aromatic amines is 1. The molecule has 1 N–H and O–H groups in total. The van der Waals surface area contributed by atoms with Gasteiger partial charge >= 0.3 is 0 Å². The first-order valence-electron chi connectivity index (χ1n) is 6.89. The van der Waals surface area contributed by atoms with E-state index in [1.165, 1.54) is 13.2 Å². The lowest BCUT2D eigenvalue weighted by Crippen LogP contribution is -1.87. The molecule has 0 bridgehead atoms. The lowest BCUT2D eigenvalue weighted by Gasteiger charge is -2.02. The van der Waals surface area contributed by atoms with Crippen LogP contribution in [0.3, 0.4) is 0 Å². The van der Waals surface area contributed by atoms with Crippen LogP contribution in [0.25, 0.3) is 23.4 Å². The van der Waals surface area contributed by atoms with Crippen molar-refractivity contribution >= 4 is 12.2 Å². The smallest absolute Gasteiger partial charge is 0.165 e. The molecule has 0 fully saturated rings. The molecule has 0 saturated heterocycles. The van der Waals surface area contributed by atoms with Crippen molar-refractivity contribution in [3.8, 4) is 17.0 Å². The summed E-state index contributed by atoms with van der Waals surface area (Å²) in [5, 5.41) is 7.26. The number of nitrogens with zero attached hydrogens (tertiary/aromatic N) is 1. The Bertz CT molecular complexity index is 794. The zero-order chi connectivity index (χ0) is 15.4. The highest BCUT2D eigenvalue weighted by atomic mass is 19.1. The molecule has 0 spiro atoms. The maximum absolute atomic E-state index is 13.4. The van der Waals surface area contributed by atoms with Crippen molar-refractivity contribution in [2.75, 3.05) is 7.11 Å². The van der Waals surface area contributed by atoms with Gasteiger partial charge in [0.15, 0.2) is 11.6 Å². The van der Waals surface area contributed by atoms with Crippen LogP contribution in [0.15, 0.2) is 54.6 Å². The summed E-state index contributed by atoms with van der Waals surface area (Å²) < 4.78 is 18.3. The molecule has 0 amide bonds. The van der Waals surface area contributed by atoms with Gasteiger partial charge in [-0.2, -0.15) is 5.10 Å². The van der Waals surface area contributed by atoms with Crippen molar-refractivity contribution in [1.29, 1.82) is 0 Å². The second kappa shape index (κ2) is 6.26. The number of hydrogen-bond donors (Lipinski definition) is 1. The van der Waals surface area contributed by atoms with Crippen molar-refractivity contribution in [3.63, 3.8) is 0 Å². The molecule has 2 aromatic carbocycles. The minimum Gasteiger partial charge on any atom is -0.494 e. The third kappa shape index (κ3) is 3.06. The summed E-state index contributed by atoms with van der Waals surface area (Å²) in [6, 6.07) is 16.6. The molecule has 0 saturated carbocycles. The lowest BCUT2D eigenvalue weighted by atomic mass is 10.1. The third-order valence-electron chi connectivity index (χ3n) is 3.30. The summed E-state index contributed by atoms with van der Waals surface area (Å²) in [7, 11) is 1.45. The molecule has 3 aromatic rings. The van der Waals surface area contributed by atoms with E-state index in [9.17, 15) is 4.39 Å². The van der Waals surface area contributed by atoms with Crippen LogP contribution in [0.5, 0.6) is 5.75 Å². The van der Waals surface area contributed by atoms with E-state index in [-0.39, 0.29) is 11.6 Å². The minimum absolute atomic E-state index is 0.233. The molecular formula is C18H15FN2O. The zero-order valence-electron chi connectivity index (χ0n) is 12.1. The van der Waals surface area contributed by atoms with E-state index in [0.717, 1.165) is 22.5 Å². The molecule has 0 unspecified atom stereocenters. The second-order valence-electron chi connectivity index (χ2n) is 4.80. The highest BCUT2D eigenvalue weighted by Crippen LogP contribution is 2.21. The number of rotatable bonds is 4. The van der Waals surface area contributed by atoms with E-state index in [1.54, 1.807) is 12.1 Å². The Balaban J connectivity index is 1.80. The maximum Gasteiger partial charge on any atom is 0.165 e. The van der Waals surface area contributed by atoms with E-state index in [4.69, 9.17) is 4.74 Å². The van der Waals surface area contributed by atoms with Crippen molar-refractivity contribution in [2.24, 2.45) is 0 Å². The Morgan fingerprint density at radius 2 is 1.86 bits per heavy atom. The summed E-state index contributed by atoms with van der Waals surface area (Å²) in [4.78, 5) is 0. The van der Waals surface area contributed by atoms with Crippen molar-refractivity contribution in [3.05, 3.63) is 71.7 Å². The Labute approximate surface area is 128 Å². The summed E-state index contributed by atoms with van der Waals surface area (Å²) in [6.45, 7) is 0. The van der Waals surface area contributed by atoms with Gasteiger partial charge in [-0.1, -0.05) is 42.5 Å². The number of H-pyrrole nitrogens is 1. The standard InChI is InChI=1S/C18H15FN2O/c1-22-18-11-13(8-10-16(18)19)7-9-15-12-17(21-20-15)14-5-3-2-4-6-14/h2-12H,1H3,(H,20,21)/b9-7+. The largest absolute Gasteiger partial charge is 0.494 e. The molecule has 22 heavy (non-hydrogen) atoms. The van der Waals surface area contributed by atoms with Gasteiger partial charge in [0.1, 0.15) is 0 Å². The van der Waals surface area contributed by atoms with Crippen LogP contribution in [-0.2, 0) is 0 Å². The first-order valence-corrected chi connectivity index (χ1v) is 6.89. The fourth-order valence-electron chi connectivity index (χ4n) is 2.14. The summed E-state index contributed by atoms with van der Waals surface area (Å²) in [6.07, 6.45) is 3.77. The van der Waals surface area contributed by atoms with E-state index < -0.39 is 0 Å². The molecule has 0 radical (unpaired) electrons. The number of methoxy groups -OCH3 is 1. The molecular weight excluding hydrogens is 279 g/mol. The molecule has 3 rings (SSSR count). The van der Waals surface area contributed by atoms with Gasteiger partial charge in [0.2, 0.25) is 0 Å². The van der Waals surface area contributed by atoms with Crippen LogP contribution in [0.2, 0.25) is 0 Å². The first-order chi connectivity index (χ1) is 10.8. The van der Waals surface area contributed by atoms with Gasteiger partial charge in [0.25, 0.3) is 0 Å². The highest BCUT2D eigenvalue weighted by molar-refractivity contribution is 5.71. The number of nitrogens with one attached hydrogen (secondary N) is 1. The first kappa shape index (κ1) is 14.1. The van der Waals surface area contributed by atoms with Gasteiger partial charge in [0.05, 0.1) is 18.5 Å². The van der Waals surface area contributed by atoms with Crippen molar-refractivity contribution < 1.29 is 9.13 Å². The van der Waals surface area contributed by atoms with E-state index >= 15 is 0 Å². The topological polar surface area (TPSA) is 37.9 Å². The van der Waals surface area contributed by atoms with E-state index in [2.05, 4.69) is 10.2 Å². The van der Waals surface area contributed by atoms with Gasteiger partial charge in [-0.25, -0.2) is 4.39 Å². The lowest BCUT2D eigenvalue weighted by molar-refractivity contribution is 0.386. The minimum atomic E-state index is -0.368. The molecule has 4 heteroatoms. The predicted octanol–water partition coefficient (Wildman–Crippen LogP) is 4.39. The monoisotopic (exact) mass is 294 g/mol. The fourth-order valence-corrected chi connectivity index (χ4v) is 2.14. The number of ether oxygens (including phenoxy) is 1. The molecule has 0 atom stereocenters. The number of benzene rings is 2. The summed E-state index contributed by atoms with van der Waals surface area (Å²) in [5.74, 6) is -0.135. The molecule has 1 aromatic heterocycles. The molecule has 3 nitrogen and oxygen atoms in total. The number of halogens is 1. The zero-order valence-corrected chi connectivity index (χ0v) is 12.1. The molecule has 0 aliphatic rings. The van der Waals surface area contributed by atoms with Gasteiger partial charge in [0, 0.05) is 5.56 Å². The predicted molar refractivity (Wildman–Crippen MR) is 85.9 cm³/mol. The fraction of sp³-hybridized carbons (Fsp3) is 0.0556. The third-order valence-corrected chi connectivity index (χ3v) is 3.30.